The Labute approximate surface area is 99.7 Å². The molecule has 6 heteroatoms. The summed E-state index contributed by atoms with van der Waals surface area (Å²) >= 11 is 5.74. The molecule has 0 saturated carbocycles. The fourth-order valence-electron chi connectivity index (χ4n) is 1.35. The number of rotatable bonds is 5. The van der Waals surface area contributed by atoms with Gasteiger partial charge in [0.05, 0.1) is 18.3 Å². The molecule has 1 unspecified atom stereocenters. The van der Waals surface area contributed by atoms with Gasteiger partial charge in [0.25, 0.3) is 0 Å². The van der Waals surface area contributed by atoms with Crippen LogP contribution in [0.15, 0.2) is 12.4 Å². The molecular weight excluding hydrogens is 230 g/mol. The molecule has 0 saturated heterocycles. The predicted octanol–water partition coefficient (Wildman–Crippen LogP) is 1.08. The summed E-state index contributed by atoms with van der Waals surface area (Å²) in [6, 6.07) is 0. The monoisotopic (exact) mass is 245 g/mol. The second-order valence-corrected chi connectivity index (χ2v) is 4.18. The molecule has 0 fully saturated rings. The molecule has 0 aliphatic carbocycles. The third-order valence-corrected chi connectivity index (χ3v) is 2.83. The quantitative estimate of drug-likeness (QED) is 0.789. The molecule has 1 aromatic heterocycles. The number of carbonyl (C=O) groups excluding carboxylic acids is 1. The highest BCUT2D eigenvalue weighted by Gasteiger charge is 2.32. The van der Waals surface area contributed by atoms with E-state index in [-0.39, 0.29) is 5.97 Å². The average molecular weight is 246 g/mol. The zero-order chi connectivity index (χ0) is 12.2. The standard InChI is InChI=1S/C10H16ClN3O2/c1-10(12-2,9(15)16-3)4-5-14-7-8(11)6-13-14/h6-7,12H,4-5H2,1-3H3. The van der Waals surface area contributed by atoms with Gasteiger partial charge in [-0.25, -0.2) is 0 Å². The average Bonchev–Trinajstić information content (AvgIpc) is 2.71. The second-order valence-electron chi connectivity index (χ2n) is 3.75. The topological polar surface area (TPSA) is 56.2 Å². The Bertz CT molecular complexity index is 367. The number of likely N-dealkylation sites (N-methyl/N-ethyl adjacent to an activating group) is 1. The van der Waals surface area contributed by atoms with E-state index in [1.54, 1.807) is 31.0 Å². The predicted molar refractivity (Wildman–Crippen MR) is 61.3 cm³/mol. The molecule has 0 aromatic carbocycles. The number of hydrogen-bond donors (Lipinski definition) is 1. The SMILES string of the molecule is CNC(C)(CCn1cc(Cl)cn1)C(=O)OC. The summed E-state index contributed by atoms with van der Waals surface area (Å²) < 4.78 is 6.44. The Morgan fingerprint density at radius 3 is 2.88 bits per heavy atom. The number of aryl methyl sites for hydroxylation is 1. The molecule has 0 amide bonds. The molecule has 0 aliphatic heterocycles. The van der Waals surface area contributed by atoms with Crippen LogP contribution in [0.3, 0.4) is 0 Å². The lowest BCUT2D eigenvalue weighted by Crippen LogP contribution is -2.49. The van der Waals surface area contributed by atoms with E-state index in [9.17, 15) is 4.79 Å². The van der Waals surface area contributed by atoms with Gasteiger partial charge in [0, 0.05) is 12.7 Å². The highest BCUT2D eigenvalue weighted by Crippen LogP contribution is 2.13. The Kier molecular flexibility index (Phi) is 4.32. The van der Waals surface area contributed by atoms with E-state index in [1.165, 1.54) is 7.11 Å². The summed E-state index contributed by atoms with van der Waals surface area (Å²) in [4.78, 5) is 11.6. The van der Waals surface area contributed by atoms with Crippen LogP contribution in [0.4, 0.5) is 0 Å². The van der Waals surface area contributed by atoms with Gasteiger partial charge in [-0.05, 0) is 20.4 Å². The van der Waals surface area contributed by atoms with E-state index in [2.05, 4.69) is 10.4 Å². The maximum Gasteiger partial charge on any atom is 0.325 e. The molecule has 0 radical (unpaired) electrons. The van der Waals surface area contributed by atoms with Gasteiger partial charge in [0.1, 0.15) is 5.54 Å². The van der Waals surface area contributed by atoms with Crippen molar-refractivity contribution in [2.45, 2.75) is 25.4 Å². The first-order valence-corrected chi connectivity index (χ1v) is 5.35. The van der Waals surface area contributed by atoms with Crippen molar-refractivity contribution in [2.24, 2.45) is 0 Å². The van der Waals surface area contributed by atoms with Crippen LogP contribution in [0.2, 0.25) is 5.02 Å². The number of esters is 1. The largest absolute Gasteiger partial charge is 0.468 e. The van der Waals surface area contributed by atoms with Crippen LogP contribution < -0.4 is 5.32 Å². The van der Waals surface area contributed by atoms with Crippen LogP contribution in [0.1, 0.15) is 13.3 Å². The van der Waals surface area contributed by atoms with Crippen LogP contribution in [0, 0.1) is 0 Å². The molecular formula is C10H16ClN3O2. The third kappa shape index (κ3) is 2.96. The minimum atomic E-state index is -0.701. The second kappa shape index (κ2) is 5.32. The minimum Gasteiger partial charge on any atom is -0.468 e. The van der Waals surface area contributed by atoms with Crippen molar-refractivity contribution < 1.29 is 9.53 Å². The van der Waals surface area contributed by atoms with Crippen molar-refractivity contribution in [3.05, 3.63) is 17.4 Å². The van der Waals surface area contributed by atoms with Gasteiger partial charge in [-0.3, -0.25) is 9.48 Å². The Morgan fingerprint density at radius 2 is 2.44 bits per heavy atom. The Morgan fingerprint density at radius 1 is 1.75 bits per heavy atom. The third-order valence-electron chi connectivity index (χ3n) is 2.63. The fraction of sp³-hybridized carbons (Fsp3) is 0.600. The molecule has 1 N–H and O–H groups in total. The molecule has 16 heavy (non-hydrogen) atoms. The van der Waals surface area contributed by atoms with Crippen LogP contribution in [0.5, 0.6) is 0 Å². The lowest BCUT2D eigenvalue weighted by Gasteiger charge is -2.25. The van der Waals surface area contributed by atoms with Gasteiger partial charge >= 0.3 is 5.97 Å². The van der Waals surface area contributed by atoms with Crippen molar-refractivity contribution in [3.63, 3.8) is 0 Å². The zero-order valence-electron chi connectivity index (χ0n) is 9.66. The highest BCUT2D eigenvalue weighted by atomic mass is 35.5. The highest BCUT2D eigenvalue weighted by molar-refractivity contribution is 6.30. The number of nitrogens with one attached hydrogen (secondary N) is 1. The molecule has 90 valence electrons. The summed E-state index contributed by atoms with van der Waals surface area (Å²) in [5, 5.41) is 7.59. The summed E-state index contributed by atoms with van der Waals surface area (Å²) in [6.45, 7) is 2.39. The Hall–Kier alpha value is -1.07. The number of aromatic nitrogens is 2. The maximum absolute atomic E-state index is 11.6. The van der Waals surface area contributed by atoms with Crippen LogP contribution >= 0.6 is 11.6 Å². The van der Waals surface area contributed by atoms with E-state index in [1.807, 2.05) is 0 Å². The van der Waals surface area contributed by atoms with Crippen LogP contribution in [0.25, 0.3) is 0 Å². The van der Waals surface area contributed by atoms with Gasteiger partial charge in [-0.2, -0.15) is 5.10 Å². The summed E-state index contributed by atoms with van der Waals surface area (Å²) in [6.07, 6.45) is 3.86. The summed E-state index contributed by atoms with van der Waals surface area (Å²) in [5.74, 6) is -0.284. The van der Waals surface area contributed by atoms with E-state index in [0.29, 0.717) is 18.0 Å². The van der Waals surface area contributed by atoms with Gasteiger partial charge < -0.3 is 10.1 Å². The molecule has 5 nitrogen and oxygen atoms in total. The van der Waals surface area contributed by atoms with E-state index in [4.69, 9.17) is 16.3 Å². The van der Waals surface area contributed by atoms with E-state index >= 15 is 0 Å². The first-order chi connectivity index (χ1) is 7.51. The molecule has 1 heterocycles. The number of carbonyl (C=O) groups is 1. The van der Waals surface area contributed by atoms with Crippen molar-refractivity contribution in [2.75, 3.05) is 14.2 Å². The molecule has 0 spiro atoms. The van der Waals surface area contributed by atoms with Crippen LogP contribution in [-0.4, -0.2) is 35.4 Å². The molecule has 0 bridgehead atoms. The van der Waals surface area contributed by atoms with Gasteiger partial charge in [-0.15, -0.1) is 0 Å². The molecule has 1 atom stereocenters. The van der Waals surface area contributed by atoms with Crippen molar-refractivity contribution >= 4 is 17.6 Å². The molecule has 1 aromatic rings. The van der Waals surface area contributed by atoms with Crippen molar-refractivity contribution in [1.29, 1.82) is 0 Å². The fourth-order valence-corrected chi connectivity index (χ4v) is 1.51. The Balaban J connectivity index is 2.61. The zero-order valence-corrected chi connectivity index (χ0v) is 10.4. The lowest BCUT2D eigenvalue weighted by atomic mass is 9.98. The minimum absolute atomic E-state index is 0.284. The number of halogens is 1. The molecule has 1 rings (SSSR count). The lowest BCUT2D eigenvalue weighted by molar-refractivity contribution is -0.148. The van der Waals surface area contributed by atoms with Crippen molar-refractivity contribution in [3.8, 4) is 0 Å². The van der Waals surface area contributed by atoms with Gasteiger partial charge in [0.15, 0.2) is 0 Å². The number of nitrogens with zero attached hydrogens (tertiary/aromatic N) is 2. The normalized spacial score (nSPS) is 14.5. The number of hydrogen-bond acceptors (Lipinski definition) is 4. The van der Waals surface area contributed by atoms with E-state index in [0.717, 1.165) is 0 Å². The first kappa shape index (κ1) is 13.0. The van der Waals surface area contributed by atoms with Gasteiger partial charge in [0.2, 0.25) is 0 Å². The van der Waals surface area contributed by atoms with Crippen molar-refractivity contribution in [1.82, 2.24) is 15.1 Å². The number of methoxy groups -OCH3 is 1. The van der Waals surface area contributed by atoms with E-state index < -0.39 is 5.54 Å². The summed E-state index contributed by atoms with van der Waals surface area (Å²) in [5.41, 5.74) is -0.701. The first-order valence-electron chi connectivity index (χ1n) is 4.97. The smallest absolute Gasteiger partial charge is 0.325 e. The summed E-state index contributed by atoms with van der Waals surface area (Å²) in [7, 11) is 3.11. The van der Waals surface area contributed by atoms with Gasteiger partial charge in [-0.1, -0.05) is 11.6 Å². The molecule has 0 aliphatic rings. The number of ether oxygens (including phenoxy) is 1. The maximum atomic E-state index is 11.6. The van der Waals surface area contributed by atoms with Crippen LogP contribution in [-0.2, 0) is 16.1 Å².